The minimum absolute atomic E-state index is 0.288. The average molecular weight is 220 g/mol. The molecule has 0 aromatic heterocycles. The van der Waals surface area contributed by atoms with Gasteiger partial charge in [-0.25, -0.2) is 0 Å². The number of benzene rings is 1. The van der Waals surface area contributed by atoms with Crippen LogP contribution in [0.15, 0.2) is 24.3 Å². The molecule has 3 heteroatoms. The van der Waals surface area contributed by atoms with Gasteiger partial charge in [-0.05, 0) is 18.1 Å². The second-order valence-corrected chi connectivity index (χ2v) is 3.85. The van der Waals surface area contributed by atoms with Gasteiger partial charge in [0.05, 0.1) is 5.56 Å². The summed E-state index contributed by atoms with van der Waals surface area (Å²) < 4.78 is 5.14. The molecule has 0 unspecified atom stereocenters. The summed E-state index contributed by atoms with van der Waals surface area (Å²) in [6.45, 7) is 4.02. The maximum Gasteiger partial charge on any atom is 0.311 e. The van der Waals surface area contributed by atoms with E-state index in [2.05, 4.69) is 0 Å². The summed E-state index contributed by atoms with van der Waals surface area (Å²) in [5.41, 5.74) is 0.403. The predicted molar refractivity (Wildman–Crippen MR) is 61.5 cm³/mol. The Hall–Kier alpha value is -1.64. The van der Waals surface area contributed by atoms with Gasteiger partial charge in [-0.15, -0.1) is 0 Å². The zero-order chi connectivity index (χ0) is 12.0. The summed E-state index contributed by atoms with van der Waals surface area (Å²) >= 11 is 0. The Kier molecular flexibility index (Phi) is 4.70. The Morgan fingerprint density at radius 3 is 2.75 bits per heavy atom. The molecule has 1 rings (SSSR count). The van der Waals surface area contributed by atoms with E-state index >= 15 is 0 Å². The summed E-state index contributed by atoms with van der Waals surface area (Å²) in [5.74, 6) is 0.352. The number of hydrogen-bond acceptors (Lipinski definition) is 3. The first-order chi connectivity index (χ1) is 7.67. The van der Waals surface area contributed by atoms with E-state index in [1.165, 1.54) is 0 Å². The van der Waals surface area contributed by atoms with Crippen LogP contribution in [0.3, 0.4) is 0 Å². The molecule has 0 N–H and O–H groups in total. The standard InChI is InChI=1S/C13H16O3/c1-3-10(2)8-13(15)16-12-7-5-4-6-11(12)9-14/h4-7,9-10H,3,8H2,1-2H3/t10-/m0/s1. The van der Waals surface area contributed by atoms with Gasteiger partial charge in [-0.1, -0.05) is 32.4 Å². The van der Waals surface area contributed by atoms with E-state index in [0.29, 0.717) is 29.9 Å². The third-order valence-corrected chi connectivity index (χ3v) is 2.48. The van der Waals surface area contributed by atoms with E-state index in [0.717, 1.165) is 6.42 Å². The Labute approximate surface area is 95.4 Å². The van der Waals surface area contributed by atoms with Gasteiger partial charge < -0.3 is 4.74 Å². The smallest absolute Gasteiger partial charge is 0.311 e. The van der Waals surface area contributed by atoms with E-state index in [4.69, 9.17) is 4.74 Å². The molecule has 0 radical (unpaired) electrons. The topological polar surface area (TPSA) is 43.4 Å². The number of esters is 1. The number of para-hydroxylation sites is 1. The second-order valence-electron chi connectivity index (χ2n) is 3.85. The van der Waals surface area contributed by atoms with E-state index in [9.17, 15) is 9.59 Å². The van der Waals surface area contributed by atoms with E-state index in [1.54, 1.807) is 24.3 Å². The van der Waals surface area contributed by atoms with Gasteiger partial charge in [0.15, 0.2) is 6.29 Å². The quantitative estimate of drug-likeness (QED) is 0.435. The number of rotatable bonds is 5. The minimum Gasteiger partial charge on any atom is -0.426 e. The van der Waals surface area contributed by atoms with Gasteiger partial charge in [-0.3, -0.25) is 9.59 Å². The fourth-order valence-electron chi connectivity index (χ4n) is 1.26. The van der Waals surface area contributed by atoms with Crippen molar-refractivity contribution in [2.24, 2.45) is 5.92 Å². The molecule has 3 nitrogen and oxygen atoms in total. The fourth-order valence-corrected chi connectivity index (χ4v) is 1.26. The maximum atomic E-state index is 11.5. The van der Waals surface area contributed by atoms with Crippen LogP contribution in [0.25, 0.3) is 0 Å². The highest BCUT2D eigenvalue weighted by atomic mass is 16.5. The van der Waals surface area contributed by atoms with Crippen LogP contribution in [0.5, 0.6) is 5.75 Å². The lowest BCUT2D eigenvalue weighted by Crippen LogP contribution is -2.12. The molecule has 0 aliphatic heterocycles. The molecule has 0 saturated heterocycles. The minimum atomic E-state index is -0.288. The fraction of sp³-hybridized carbons (Fsp3) is 0.385. The Morgan fingerprint density at radius 2 is 2.12 bits per heavy atom. The Morgan fingerprint density at radius 1 is 1.44 bits per heavy atom. The van der Waals surface area contributed by atoms with Crippen LogP contribution < -0.4 is 4.74 Å². The van der Waals surface area contributed by atoms with Gasteiger partial charge in [0.1, 0.15) is 5.75 Å². The summed E-state index contributed by atoms with van der Waals surface area (Å²) in [6, 6.07) is 6.71. The van der Waals surface area contributed by atoms with Crippen molar-refractivity contribution in [3.63, 3.8) is 0 Å². The average Bonchev–Trinajstić information content (AvgIpc) is 2.29. The highest BCUT2D eigenvalue weighted by Crippen LogP contribution is 2.17. The molecular formula is C13H16O3. The molecule has 1 aromatic rings. The van der Waals surface area contributed by atoms with Crippen LogP contribution in [-0.2, 0) is 4.79 Å². The molecule has 0 spiro atoms. The Bertz CT molecular complexity index is 371. The molecule has 0 amide bonds. The van der Waals surface area contributed by atoms with Gasteiger partial charge in [0, 0.05) is 6.42 Å². The van der Waals surface area contributed by atoms with Crippen LogP contribution >= 0.6 is 0 Å². The zero-order valence-electron chi connectivity index (χ0n) is 9.60. The molecule has 0 aliphatic carbocycles. The van der Waals surface area contributed by atoms with Gasteiger partial charge in [0.2, 0.25) is 0 Å². The van der Waals surface area contributed by atoms with Crippen molar-refractivity contribution in [3.05, 3.63) is 29.8 Å². The van der Waals surface area contributed by atoms with E-state index in [-0.39, 0.29) is 5.97 Å². The summed E-state index contributed by atoms with van der Waals surface area (Å²) in [7, 11) is 0. The monoisotopic (exact) mass is 220 g/mol. The molecular weight excluding hydrogens is 204 g/mol. The van der Waals surface area contributed by atoms with Crippen molar-refractivity contribution in [2.45, 2.75) is 26.7 Å². The molecule has 0 aliphatic rings. The number of carbonyl (C=O) groups is 2. The van der Waals surface area contributed by atoms with Crippen LogP contribution in [0.1, 0.15) is 37.0 Å². The molecule has 86 valence electrons. The number of ether oxygens (including phenoxy) is 1. The summed E-state index contributed by atoms with van der Waals surface area (Å²) in [4.78, 5) is 22.2. The number of carbonyl (C=O) groups excluding carboxylic acids is 2. The lowest BCUT2D eigenvalue weighted by atomic mass is 10.1. The third kappa shape index (κ3) is 3.50. The lowest BCUT2D eigenvalue weighted by Gasteiger charge is -2.09. The summed E-state index contributed by atoms with van der Waals surface area (Å²) in [6.07, 6.45) is 2.00. The van der Waals surface area contributed by atoms with Crippen molar-refractivity contribution in [1.82, 2.24) is 0 Å². The molecule has 0 bridgehead atoms. The van der Waals surface area contributed by atoms with Crippen LogP contribution in [0.4, 0.5) is 0 Å². The molecule has 0 fully saturated rings. The van der Waals surface area contributed by atoms with Crippen LogP contribution in [0.2, 0.25) is 0 Å². The summed E-state index contributed by atoms with van der Waals surface area (Å²) in [5, 5.41) is 0. The highest BCUT2D eigenvalue weighted by Gasteiger charge is 2.11. The number of aldehydes is 1. The maximum absolute atomic E-state index is 11.5. The van der Waals surface area contributed by atoms with E-state index in [1.807, 2.05) is 13.8 Å². The largest absolute Gasteiger partial charge is 0.426 e. The molecule has 1 aromatic carbocycles. The molecule has 1 atom stereocenters. The second kappa shape index (κ2) is 6.05. The highest BCUT2D eigenvalue weighted by molar-refractivity contribution is 5.82. The first-order valence-corrected chi connectivity index (χ1v) is 5.42. The first-order valence-electron chi connectivity index (χ1n) is 5.42. The number of hydrogen-bond donors (Lipinski definition) is 0. The molecule has 0 heterocycles. The van der Waals surface area contributed by atoms with Gasteiger partial charge in [0.25, 0.3) is 0 Å². The van der Waals surface area contributed by atoms with Gasteiger partial charge >= 0.3 is 5.97 Å². The molecule has 16 heavy (non-hydrogen) atoms. The van der Waals surface area contributed by atoms with Crippen molar-refractivity contribution < 1.29 is 14.3 Å². The zero-order valence-corrected chi connectivity index (χ0v) is 9.60. The van der Waals surface area contributed by atoms with Crippen molar-refractivity contribution in [1.29, 1.82) is 0 Å². The van der Waals surface area contributed by atoms with Crippen LogP contribution in [-0.4, -0.2) is 12.3 Å². The predicted octanol–water partition coefficient (Wildman–Crippen LogP) is 2.84. The first kappa shape index (κ1) is 12.4. The van der Waals surface area contributed by atoms with Crippen LogP contribution in [0, 0.1) is 5.92 Å². The molecule has 0 saturated carbocycles. The normalized spacial score (nSPS) is 11.9. The van der Waals surface area contributed by atoms with Gasteiger partial charge in [-0.2, -0.15) is 0 Å². The van der Waals surface area contributed by atoms with Crippen molar-refractivity contribution in [2.75, 3.05) is 0 Å². The van der Waals surface area contributed by atoms with E-state index < -0.39 is 0 Å². The van der Waals surface area contributed by atoms with Crippen molar-refractivity contribution in [3.8, 4) is 5.75 Å². The lowest BCUT2D eigenvalue weighted by molar-refractivity contribution is -0.135. The third-order valence-electron chi connectivity index (χ3n) is 2.48. The Balaban J connectivity index is 2.65. The SMILES string of the molecule is CC[C@H](C)CC(=O)Oc1ccccc1C=O. The van der Waals surface area contributed by atoms with Crippen molar-refractivity contribution >= 4 is 12.3 Å².